The second-order valence-corrected chi connectivity index (χ2v) is 26.4. The number of para-hydroxylation sites is 8. The molecule has 0 bridgehead atoms. The minimum absolute atomic E-state index is 0.102. The van der Waals surface area contributed by atoms with Gasteiger partial charge in [0.1, 0.15) is 16.9 Å². The van der Waals surface area contributed by atoms with Crippen molar-refractivity contribution in [1.82, 2.24) is 52.4 Å². The molecule has 11 aromatic carbocycles. The fourth-order valence-electron chi connectivity index (χ4n) is 16.9. The van der Waals surface area contributed by atoms with Crippen molar-refractivity contribution in [1.29, 1.82) is 0 Å². The van der Waals surface area contributed by atoms with Crippen molar-refractivity contribution in [2.24, 2.45) is 0 Å². The van der Waals surface area contributed by atoms with Crippen LogP contribution in [0.15, 0.2) is 303 Å². The van der Waals surface area contributed by atoms with E-state index < -0.39 is 5.54 Å². The largest absolute Gasteiger partial charge is 0.296 e. The van der Waals surface area contributed by atoms with Crippen molar-refractivity contribution < 1.29 is 0 Å². The lowest BCUT2D eigenvalue weighted by Crippen LogP contribution is -2.43. The molecular formula is C87H54N12. The molecule has 0 fully saturated rings. The van der Waals surface area contributed by atoms with Gasteiger partial charge in [-0.1, -0.05) is 224 Å². The van der Waals surface area contributed by atoms with Crippen LogP contribution in [0.5, 0.6) is 0 Å². The molecule has 2 unspecified atom stereocenters. The lowest BCUT2D eigenvalue weighted by Gasteiger charge is -2.37. The zero-order valence-electron chi connectivity index (χ0n) is 53.3. The topological polar surface area (TPSA) is 104 Å². The highest BCUT2D eigenvalue weighted by molar-refractivity contribution is 6.30. The molecule has 2 aliphatic rings. The number of allylic oxidation sites excluding steroid dienone is 2. The lowest BCUT2D eigenvalue weighted by atomic mass is 9.79. The van der Waals surface area contributed by atoms with Crippen LogP contribution in [-0.2, 0) is 0 Å². The molecule has 0 saturated heterocycles. The Kier molecular flexibility index (Phi) is 11.0. The van der Waals surface area contributed by atoms with Crippen molar-refractivity contribution in [3.8, 4) is 51.0 Å². The number of benzene rings is 11. The van der Waals surface area contributed by atoms with Gasteiger partial charge in [-0.2, -0.15) is 0 Å². The molecule has 12 nitrogen and oxygen atoms in total. The first-order valence-electron chi connectivity index (χ1n) is 33.7. The zero-order chi connectivity index (χ0) is 64.8. The number of hydrogen-bond donors (Lipinski definition) is 0. The van der Waals surface area contributed by atoms with Crippen LogP contribution in [0.1, 0.15) is 18.4 Å². The van der Waals surface area contributed by atoms with Crippen LogP contribution < -0.4 is 4.90 Å². The average molecular weight is 1270 g/mol. The van der Waals surface area contributed by atoms with Gasteiger partial charge in [0.25, 0.3) is 0 Å². The number of hydrogen-bond acceptors (Lipinski definition) is 7. The third-order valence-electron chi connectivity index (χ3n) is 21.0. The summed E-state index contributed by atoms with van der Waals surface area (Å²) in [6.07, 6.45) is 9.09. The highest BCUT2D eigenvalue weighted by atomic mass is 15.3. The van der Waals surface area contributed by atoms with Crippen LogP contribution in [-0.4, -0.2) is 57.9 Å². The summed E-state index contributed by atoms with van der Waals surface area (Å²) >= 11 is 0. The van der Waals surface area contributed by atoms with E-state index in [-0.39, 0.29) is 5.92 Å². The highest BCUT2D eigenvalue weighted by Crippen LogP contribution is 2.59. The smallest absolute Gasteiger partial charge is 0.235 e. The molecule has 20 aromatic rings. The number of pyridine rings is 2. The molecule has 0 spiro atoms. The Labute approximate surface area is 564 Å². The summed E-state index contributed by atoms with van der Waals surface area (Å²) < 4.78 is 12.0. The van der Waals surface area contributed by atoms with Crippen LogP contribution in [0, 0.1) is 0 Å². The SMILES string of the molecule is CC12C=CC=CC1c1c(c3nc4ccc(-c5cccc(-n6c7ccccc7c7c8c(c9ccccc9n8-c8nc(-c9ccccc9)c9ccccc9n8)c8nc9ccccc9n8c76)c5)cc4n3c3c1c1ccccc1n3-c1ccccc1)N2c1nc(-c2ccccc2)c2ccccc2n1. The number of aromatic nitrogens is 11. The van der Waals surface area contributed by atoms with E-state index >= 15 is 0 Å². The predicted molar refractivity (Wildman–Crippen MR) is 402 cm³/mol. The Morgan fingerprint density at radius 2 is 0.818 bits per heavy atom. The molecule has 99 heavy (non-hydrogen) atoms. The molecule has 0 radical (unpaired) electrons. The third kappa shape index (κ3) is 7.40. The van der Waals surface area contributed by atoms with Crippen molar-refractivity contribution in [2.45, 2.75) is 18.4 Å². The number of anilines is 2. The van der Waals surface area contributed by atoms with Gasteiger partial charge in [0.05, 0.1) is 88.6 Å². The molecule has 1 aliphatic carbocycles. The minimum Gasteiger partial charge on any atom is -0.296 e. The van der Waals surface area contributed by atoms with E-state index in [0.717, 1.165) is 172 Å². The fourth-order valence-corrected chi connectivity index (χ4v) is 16.9. The summed E-state index contributed by atoms with van der Waals surface area (Å²) in [5, 5.41) is 8.55. The quantitative estimate of drug-likeness (QED) is 0.157. The van der Waals surface area contributed by atoms with Gasteiger partial charge in [-0.15, -0.1) is 0 Å². The Morgan fingerprint density at radius 1 is 0.333 bits per heavy atom. The number of imidazole rings is 2. The van der Waals surface area contributed by atoms with Gasteiger partial charge >= 0.3 is 0 Å². The first-order valence-corrected chi connectivity index (χ1v) is 33.7. The van der Waals surface area contributed by atoms with E-state index in [1.165, 1.54) is 5.56 Å². The summed E-state index contributed by atoms with van der Waals surface area (Å²) in [4.78, 5) is 36.1. The maximum Gasteiger partial charge on any atom is 0.235 e. The molecule has 0 amide bonds. The van der Waals surface area contributed by atoms with Gasteiger partial charge in [-0.05, 0) is 96.9 Å². The molecule has 1 aliphatic heterocycles. The van der Waals surface area contributed by atoms with E-state index in [0.29, 0.717) is 11.9 Å². The zero-order valence-corrected chi connectivity index (χ0v) is 53.3. The van der Waals surface area contributed by atoms with Crippen LogP contribution in [0.3, 0.4) is 0 Å². The Hall–Kier alpha value is -13.3. The second kappa shape index (κ2) is 20.1. The van der Waals surface area contributed by atoms with Crippen molar-refractivity contribution in [3.05, 3.63) is 309 Å². The molecule has 22 rings (SSSR count). The molecule has 2 atom stereocenters. The van der Waals surface area contributed by atoms with Gasteiger partial charge in [-0.3, -0.25) is 27.4 Å². The van der Waals surface area contributed by atoms with Gasteiger partial charge in [-0.25, -0.2) is 29.9 Å². The lowest BCUT2D eigenvalue weighted by molar-refractivity contribution is 0.537. The van der Waals surface area contributed by atoms with E-state index in [1.807, 2.05) is 0 Å². The van der Waals surface area contributed by atoms with E-state index in [1.54, 1.807) is 0 Å². The normalized spacial score (nSPS) is 15.4. The first-order chi connectivity index (χ1) is 49.0. The minimum atomic E-state index is -0.637. The first kappa shape index (κ1) is 54.0. The molecule has 0 N–H and O–H groups in total. The predicted octanol–water partition coefficient (Wildman–Crippen LogP) is 20.6. The molecule has 12 heteroatoms. The van der Waals surface area contributed by atoms with Crippen LogP contribution in [0.4, 0.5) is 11.6 Å². The number of rotatable bonds is 7. The average Bonchev–Trinajstić information content (AvgIpc) is 1.52. The molecule has 462 valence electrons. The van der Waals surface area contributed by atoms with Gasteiger partial charge in [0.15, 0.2) is 5.65 Å². The standard InChI is InChI=1S/C87H54N12/c1-87-49-24-23-39-63(87)76-73-60-36-13-19-43-68(60)94(56-31-9-4-10-32-56)83(73)98-72-51-55(47-48-67(72)89-82(98)80(76)99(87)86-91-65-41-17-12-35-59(65)78(93-86)53-28-7-3-8-29-53)54-30-25-33-57(50-54)95-69-44-20-15-38-62(69)75-79-74(81-88-66-42-18-22-46-71(66)97(81)84(75)95)61-37-14-21-45-70(61)96(79)85-90-64-40-16-11-34-58(64)77(92-85)52-26-5-2-6-27-52/h2-51,63H,1H3. The second-order valence-electron chi connectivity index (χ2n) is 26.4. The van der Waals surface area contributed by atoms with Crippen LogP contribution >= 0.6 is 0 Å². The van der Waals surface area contributed by atoms with Crippen LogP contribution in [0.25, 0.3) is 172 Å². The number of fused-ring (bicyclic) bond motifs is 26. The summed E-state index contributed by atoms with van der Waals surface area (Å²) in [5.41, 5.74) is 22.8. The van der Waals surface area contributed by atoms with Crippen molar-refractivity contribution >= 4 is 132 Å². The summed E-state index contributed by atoms with van der Waals surface area (Å²) in [5.74, 6) is 1.10. The van der Waals surface area contributed by atoms with E-state index in [4.69, 9.17) is 29.9 Å². The molecule has 0 saturated carbocycles. The molecular weight excluding hydrogens is 1210 g/mol. The Morgan fingerprint density at radius 3 is 1.51 bits per heavy atom. The Balaban J connectivity index is 0.820. The molecule has 10 heterocycles. The fraction of sp³-hybridized carbons (Fsp3) is 0.0345. The van der Waals surface area contributed by atoms with Gasteiger partial charge in [0, 0.05) is 66.3 Å². The van der Waals surface area contributed by atoms with Gasteiger partial charge in [0.2, 0.25) is 11.9 Å². The van der Waals surface area contributed by atoms with Crippen LogP contribution in [0.2, 0.25) is 0 Å². The van der Waals surface area contributed by atoms with Gasteiger partial charge < -0.3 is 0 Å². The third-order valence-corrected chi connectivity index (χ3v) is 21.0. The highest BCUT2D eigenvalue weighted by Gasteiger charge is 2.52. The van der Waals surface area contributed by atoms with Crippen molar-refractivity contribution in [2.75, 3.05) is 4.90 Å². The Bertz CT molecular complexity index is 6950. The summed E-state index contributed by atoms with van der Waals surface area (Å²) in [6, 6.07) is 99.2. The number of nitrogens with zero attached hydrogens (tertiary/aromatic N) is 12. The summed E-state index contributed by atoms with van der Waals surface area (Å²) in [7, 11) is 0. The maximum absolute atomic E-state index is 5.84. The summed E-state index contributed by atoms with van der Waals surface area (Å²) in [6.45, 7) is 2.34. The van der Waals surface area contributed by atoms with E-state index in [9.17, 15) is 0 Å². The molecule has 9 aromatic heterocycles. The maximum atomic E-state index is 5.84. The van der Waals surface area contributed by atoms with E-state index in [2.05, 4.69) is 338 Å². The monoisotopic (exact) mass is 1270 g/mol. The van der Waals surface area contributed by atoms with Crippen molar-refractivity contribution in [3.63, 3.8) is 0 Å².